The summed E-state index contributed by atoms with van der Waals surface area (Å²) in [5.41, 5.74) is 0.0216. The lowest BCUT2D eigenvalue weighted by molar-refractivity contribution is -0.123. The smallest absolute Gasteiger partial charge is 0.220 e. The number of rotatable bonds is 12. The van der Waals surface area contributed by atoms with Crippen molar-refractivity contribution in [2.45, 2.75) is 85.6 Å². The van der Waals surface area contributed by atoms with E-state index in [9.17, 15) is 4.79 Å². The van der Waals surface area contributed by atoms with E-state index in [1.54, 1.807) is 0 Å². The second kappa shape index (κ2) is 10.8. The van der Waals surface area contributed by atoms with Gasteiger partial charge in [-0.25, -0.2) is 0 Å². The fraction of sp³-hybridized carbons (Fsp3) is 0.857. The zero-order valence-electron chi connectivity index (χ0n) is 18.0. The van der Waals surface area contributed by atoms with Gasteiger partial charge in [0.15, 0.2) is 0 Å². The van der Waals surface area contributed by atoms with Crippen LogP contribution in [-0.2, 0) is 4.79 Å². The summed E-state index contributed by atoms with van der Waals surface area (Å²) in [4.78, 5) is 12.6. The topological polar surface area (TPSA) is 29.1 Å². The third-order valence-electron chi connectivity index (χ3n) is 6.67. The molecule has 0 spiro atoms. The van der Waals surface area contributed by atoms with E-state index in [-0.39, 0.29) is 21.8 Å². The predicted molar refractivity (Wildman–Crippen MR) is 117 cm³/mol. The summed E-state index contributed by atoms with van der Waals surface area (Å²) in [6, 6.07) is 0. The normalized spacial score (nSPS) is 20.6. The van der Waals surface area contributed by atoms with Crippen LogP contribution in [0.5, 0.6) is 0 Å². The maximum Gasteiger partial charge on any atom is 0.220 e. The van der Waals surface area contributed by atoms with Crippen LogP contribution in [0.25, 0.3) is 0 Å². The van der Waals surface area contributed by atoms with Crippen molar-refractivity contribution in [1.29, 1.82) is 0 Å². The first-order valence-electron chi connectivity index (χ1n) is 10.0. The van der Waals surface area contributed by atoms with Gasteiger partial charge in [0, 0.05) is 29.1 Å². The Morgan fingerprint density at radius 2 is 1.88 bits per heavy atom. The van der Waals surface area contributed by atoms with E-state index < -0.39 is 0 Å². The van der Waals surface area contributed by atoms with Gasteiger partial charge >= 0.3 is 0 Å². The molecule has 25 heavy (non-hydrogen) atoms. The Morgan fingerprint density at radius 1 is 1.28 bits per heavy atom. The molecule has 0 aliphatic heterocycles. The zero-order chi connectivity index (χ0) is 19.7. The summed E-state index contributed by atoms with van der Waals surface area (Å²) in [6.07, 6.45) is 9.38. The Balaban J connectivity index is 5.21. The van der Waals surface area contributed by atoms with E-state index in [2.05, 4.69) is 65.9 Å². The Morgan fingerprint density at radius 3 is 2.28 bits per heavy atom. The van der Waals surface area contributed by atoms with Crippen molar-refractivity contribution in [1.82, 2.24) is 5.32 Å². The fourth-order valence-corrected chi connectivity index (χ4v) is 5.04. The van der Waals surface area contributed by atoms with Crippen molar-refractivity contribution >= 4 is 27.8 Å². The van der Waals surface area contributed by atoms with Gasteiger partial charge in [0.25, 0.3) is 0 Å². The summed E-state index contributed by atoms with van der Waals surface area (Å²) >= 11 is 6.14. The van der Waals surface area contributed by atoms with Crippen LogP contribution in [0.3, 0.4) is 0 Å². The second-order valence-corrected chi connectivity index (χ2v) is 10.8. The Bertz CT molecular complexity index is 442. The van der Waals surface area contributed by atoms with Crippen molar-refractivity contribution in [2.24, 2.45) is 16.7 Å². The van der Waals surface area contributed by atoms with Crippen LogP contribution < -0.4 is 5.32 Å². The van der Waals surface area contributed by atoms with E-state index >= 15 is 0 Å². The summed E-state index contributed by atoms with van der Waals surface area (Å²) < 4.78 is 0. The molecule has 0 aliphatic carbocycles. The van der Waals surface area contributed by atoms with Gasteiger partial charge in [-0.2, -0.15) is 0 Å². The number of carbonyl (C=O) groups excluding carboxylic acids is 1. The minimum Gasteiger partial charge on any atom is -0.356 e. The number of nitrogens with one attached hydrogen (secondary N) is 1. The van der Waals surface area contributed by atoms with Crippen molar-refractivity contribution in [2.75, 3.05) is 12.4 Å². The lowest BCUT2D eigenvalue weighted by Gasteiger charge is -2.49. The molecule has 1 N–H and O–H groups in total. The highest BCUT2D eigenvalue weighted by atomic mass is 35.5. The van der Waals surface area contributed by atoms with Gasteiger partial charge in [-0.3, -0.25) is 4.79 Å². The Labute approximate surface area is 165 Å². The molecular formula is C21H42ClNOSi. The van der Waals surface area contributed by atoms with Crippen LogP contribution in [0.1, 0.15) is 80.6 Å². The van der Waals surface area contributed by atoms with Crippen LogP contribution in [-0.4, -0.2) is 28.6 Å². The molecule has 0 rings (SSSR count). The Hall–Kier alpha value is -0.283. The van der Waals surface area contributed by atoms with E-state index in [0.717, 1.165) is 42.5 Å². The van der Waals surface area contributed by atoms with E-state index in [1.807, 2.05) is 0 Å². The third kappa shape index (κ3) is 6.43. The van der Waals surface area contributed by atoms with Crippen LogP contribution in [0, 0.1) is 16.7 Å². The first kappa shape index (κ1) is 24.7. The monoisotopic (exact) mass is 387 g/mol. The molecular weight excluding hydrogens is 346 g/mol. The molecule has 0 radical (unpaired) electrons. The van der Waals surface area contributed by atoms with Crippen LogP contribution in [0.4, 0.5) is 0 Å². The maximum absolute atomic E-state index is 12.6. The van der Waals surface area contributed by atoms with Gasteiger partial charge in [0.2, 0.25) is 5.91 Å². The van der Waals surface area contributed by atoms with Gasteiger partial charge in [0.1, 0.15) is 0 Å². The average Bonchev–Trinajstić information content (AvgIpc) is 2.58. The molecule has 1 amide bonds. The van der Waals surface area contributed by atoms with Crippen molar-refractivity contribution in [3.63, 3.8) is 0 Å². The molecule has 0 heterocycles. The van der Waals surface area contributed by atoms with Gasteiger partial charge in [-0.1, -0.05) is 73.0 Å². The number of allylic oxidation sites excluding steroid dienone is 2. The largest absolute Gasteiger partial charge is 0.356 e. The van der Waals surface area contributed by atoms with E-state index in [1.165, 1.54) is 0 Å². The molecule has 4 atom stereocenters. The third-order valence-corrected chi connectivity index (χ3v) is 9.45. The lowest BCUT2D eigenvalue weighted by atomic mass is 9.65. The number of hydrogen-bond acceptors (Lipinski definition) is 1. The molecule has 0 saturated heterocycles. The van der Waals surface area contributed by atoms with Crippen molar-refractivity contribution in [3.05, 3.63) is 12.2 Å². The fourth-order valence-electron chi connectivity index (χ4n) is 3.98. The average molecular weight is 388 g/mol. The number of hydrogen-bond donors (Lipinski definition) is 1. The number of carbonyl (C=O) groups is 1. The highest BCUT2D eigenvalue weighted by Gasteiger charge is 2.44. The summed E-state index contributed by atoms with van der Waals surface area (Å²) in [5, 5.41) is 3.43. The van der Waals surface area contributed by atoms with Crippen LogP contribution in [0.2, 0.25) is 5.04 Å². The van der Waals surface area contributed by atoms with Crippen molar-refractivity contribution < 1.29 is 4.79 Å². The zero-order valence-corrected chi connectivity index (χ0v) is 20.7. The highest BCUT2D eigenvalue weighted by Crippen LogP contribution is 2.52. The summed E-state index contributed by atoms with van der Waals surface area (Å²) in [6.45, 7) is 16.4. The molecule has 0 saturated carbocycles. The van der Waals surface area contributed by atoms with Crippen LogP contribution >= 0.6 is 11.6 Å². The van der Waals surface area contributed by atoms with E-state index in [4.69, 9.17) is 11.6 Å². The minimum atomic E-state index is -0.0935. The molecule has 0 fully saturated rings. The molecule has 2 nitrogen and oxygen atoms in total. The molecule has 148 valence electrons. The van der Waals surface area contributed by atoms with Crippen molar-refractivity contribution in [3.8, 4) is 0 Å². The first-order chi connectivity index (χ1) is 11.6. The summed E-state index contributed by atoms with van der Waals surface area (Å²) in [7, 11) is 1.05. The number of amides is 1. The lowest BCUT2D eigenvalue weighted by Crippen LogP contribution is -2.46. The Kier molecular flexibility index (Phi) is 10.6. The molecule has 0 bridgehead atoms. The first-order valence-corrected chi connectivity index (χ1v) is 11.6. The maximum atomic E-state index is 12.6. The van der Waals surface area contributed by atoms with Gasteiger partial charge in [-0.15, -0.1) is 11.6 Å². The van der Waals surface area contributed by atoms with Gasteiger partial charge in [0.05, 0.1) is 0 Å². The quantitative estimate of drug-likeness (QED) is 0.281. The standard InChI is InChI=1S/C21H42ClNOSi/c1-8-12-19(6,15-22)14-18(24)23-16-21(25,11-4)20(7,13-9-2)17(5)10-3/h9,13,17H,8,10-12,14-16H2,1-7,25H3,(H,23,24)/t17?,19-,20-,21+/m0/s1. The SMILES string of the molecule is CC=C[C@@](C)(C(C)CC)[C@@]([SiH3])(CC)CNC(=O)C[C@@](C)(CCl)CCC. The number of alkyl halides is 1. The minimum absolute atomic E-state index is 0.0935. The number of halogens is 1. The second-order valence-electron chi connectivity index (χ2n) is 8.65. The molecule has 4 heteroatoms. The molecule has 0 aromatic rings. The van der Waals surface area contributed by atoms with Crippen LogP contribution in [0.15, 0.2) is 12.2 Å². The highest BCUT2D eigenvalue weighted by molar-refractivity contribution is 6.18. The summed E-state index contributed by atoms with van der Waals surface area (Å²) in [5.74, 6) is 1.28. The van der Waals surface area contributed by atoms with Gasteiger partial charge < -0.3 is 5.32 Å². The predicted octanol–water partition coefficient (Wildman–Crippen LogP) is 5.10. The van der Waals surface area contributed by atoms with E-state index in [0.29, 0.717) is 18.2 Å². The van der Waals surface area contributed by atoms with Gasteiger partial charge in [-0.05, 0) is 35.1 Å². The molecule has 0 aliphatic rings. The molecule has 0 aromatic heterocycles. The molecule has 1 unspecified atom stereocenters. The molecule has 0 aromatic carbocycles.